The highest BCUT2D eigenvalue weighted by molar-refractivity contribution is 7.89. The number of carbonyl (C=O) groups excluding carboxylic acids is 1. The maximum Gasteiger partial charge on any atom is 0.243 e. The minimum Gasteiger partial charge on any atom is -0.351 e. The van der Waals surface area contributed by atoms with Crippen LogP contribution in [0.2, 0.25) is 0 Å². The molecule has 0 aliphatic carbocycles. The fourth-order valence-corrected chi connectivity index (χ4v) is 4.37. The molecule has 0 spiro atoms. The van der Waals surface area contributed by atoms with Gasteiger partial charge in [0.25, 0.3) is 0 Å². The molecular formula is C19H21F2N3O3S. The predicted octanol–water partition coefficient (Wildman–Crippen LogP) is 1.59. The Bertz CT molecular complexity index is 910. The molecule has 1 heterocycles. The monoisotopic (exact) mass is 409 g/mol. The molecule has 28 heavy (non-hydrogen) atoms. The van der Waals surface area contributed by atoms with Crippen molar-refractivity contribution in [2.75, 3.05) is 32.7 Å². The van der Waals surface area contributed by atoms with Crippen molar-refractivity contribution in [1.29, 1.82) is 0 Å². The summed E-state index contributed by atoms with van der Waals surface area (Å²) in [5, 5.41) is 2.77. The highest BCUT2D eigenvalue weighted by Gasteiger charge is 2.29. The van der Waals surface area contributed by atoms with E-state index in [0.717, 1.165) is 17.7 Å². The molecule has 1 saturated heterocycles. The third-order valence-electron chi connectivity index (χ3n) is 4.55. The molecule has 1 fully saturated rings. The minimum atomic E-state index is -3.67. The van der Waals surface area contributed by atoms with Crippen molar-refractivity contribution in [3.8, 4) is 0 Å². The van der Waals surface area contributed by atoms with E-state index in [1.165, 1.54) is 28.6 Å². The maximum absolute atomic E-state index is 13.0. The molecule has 2 aromatic rings. The first kappa shape index (κ1) is 20.4. The second kappa shape index (κ2) is 8.76. The molecule has 0 aromatic heterocycles. The lowest BCUT2D eigenvalue weighted by Gasteiger charge is -2.33. The molecule has 1 aliphatic heterocycles. The SMILES string of the molecule is O=C(CN1CCN(S(=O)(=O)c2ccc(F)cc2)CC1)NCc1ccc(F)cc1. The number of sulfonamides is 1. The molecule has 0 unspecified atom stereocenters. The number of amides is 1. The van der Waals surface area contributed by atoms with Crippen LogP contribution >= 0.6 is 0 Å². The van der Waals surface area contributed by atoms with Crippen LogP contribution in [0.1, 0.15) is 5.56 Å². The van der Waals surface area contributed by atoms with E-state index in [2.05, 4.69) is 5.32 Å². The summed E-state index contributed by atoms with van der Waals surface area (Å²) in [6, 6.07) is 10.6. The van der Waals surface area contributed by atoms with Gasteiger partial charge < -0.3 is 5.32 Å². The first-order chi connectivity index (χ1) is 13.3. The largest absolute Gasteiger partial charge is 0.351 e. The molecule has 1 amide bonds. The number of nitrogens with zero attached hydrogens (tertiary/aromatic N) is 2. The maximum atomic E-state index is 13.0. The second-order valence-electron chi connectivity index (χ2n) is 6.54. The zero-order valence-electron chi connectivity index (χ0n) is 15.1. The molecule has 0 bridgehead atoms. The molecule has 3 rings (SSSR count). The van der Waals surface area contributed by atoms with Gasteiger partial charge in [-0.05, 0) is 42.0 Å². The van der Waals surface area contributed by atoms with E-state index in [0.29, 0.717) is 19.6 Å². The number of hydrogen-bond acceptors (Lipinski definition) is 4. The molecule has 1 aliphatic rings. The van der Waals surface area contributed by atoms with Gasteiger partial charge in [-0.3, -0.25) is 9.69 Å². The molecule has 0 saturated carbocycles. The first-order valence-electron chi connectivity index (χ1n) is 8.84. The Balaban J connectivity index is 1.47. The number of halogens is 2. The van der Waals surface area contributed by atoms with Gasteiger partial charge in [0.05, 0.1) is 11.4 Å². The summed E-state index contributed by atoms with van der Waals surface area (Å²) in [5.41, 5.74) is 0.796. The minimum absolute atomic E-state index is 0.0550. The van der Waals surface area contributed by atoms with Crippen LogP contribution in [0.4, 0.5) is 8.78 Å². The number of piperazine rings is 1. The summed E-state index contributed by atoms with van der Waals surface area (Å²) < 4.78 is 52.4. The van der Waals surface area contributed by atoms with E-state index < -0.39 is 15.8 Å². The zero-order valence-corrected chi connectivity index (χ0v) is 16.0. The van der Waals surface area contributed by atoms with E-state index in [1.54, 1.807) is 12.1 Å². The van der Waals surface area contributed by atoms with Crippen LogP contribution in [0.5, 0.6) is 0 Å². The van der Waals surface area contributed by atoms with Crippen LogP contribution < -0.4 is 5.32 Å². The van der Waals surface area contributed by atoms with Crippen LogP contribution in [0.3, 0.4) is 0 Å². The van der Waals surface area contributed by atoms with Gasteiger partial charge in [0, 0.05) is 32.7 Å². The van der Waals surface area contributed by atoms with Gasteiger partial charge in [-0.1, -0.05) is 12.1 Å². The van der Waals surface area contributed by atoms with Gasteiger partial charge in [-0.2, -0.15) is 4.31 Å². The molecule has 0 radical (unpaired) electrons. The summed E-state index contributed by atoms with van der Waals surface area (Å²) in [6.45, 7) is 1.81. The molecule has 9 heteroatoms. The summed E-state index contributed by atoms with van der Waals surface area (Å²) in [6.07, 6.45) is 0. The number of nitrogens with one attached hydrogen (secondary N) is 1. The van der Waals surface area contributed by atoms with Gasteiger partial charge in [0.2, 0.25) is 15.9 Å². The molecule has 2 aromatic carbocycles. The lowest BCUT2D eigenvalue weighted by atomic mass is 10.2. The lowest BCUT2D eigenvalue weighted by molar-refractivity contribution is -0.122. The normalized spacial score (nSPS) is 16.1. The van der Waals surface area contributed by atoms with Gasteiger partial charge in [-0.15, -0.1) is 0 Å². The summed E-state index contributed by atoms with van der Waals surface area (Å²) in [5.74, 6) is -1.00. The van der Waals surface area contributed by atoms with E-state index in [9.17, 15) is 22.0 Å². The fourth-order valence-electron chi connectivity index (χ4n) is 2.95. The van der Waals surface area contributed by atoms with Crippen LogP contribution in [-0.4, -0.2) is 56.3 Å². The van der Waals surface area contributed by atoms with E-state index >= 15 is 0 Å². The topological polar surface area (TPSA) is 69.7 Å². The predicted molar refractivity (Wildman–Crippen MR) is 99.8 cm³/mol. The highest BCUT2D eigenvalue weighted by Crippen LogP contribution is 2.18. The summed E-state index contributed by atoms with van der Waals surface area (Å²) in [4.78, 5) is 14.0. The average Bonchev–Trinajstić information content (AvgIpc) is 2.68. The third kappa shape index (κ3) is 5.12. The highest BCUT2D eigenvalue weighted by atomic mass is 32.2. The van der Waals surface area contributed by atoms with E-state index in [1.807, 2.05) is 4.90 Å². The van der Waals surface area contributed by atoms with Gasteiger partial charge in [-0.25, -0.2) is 17.2 Å². The Morgan fingerprint density at radius 2 is 1.43 bits per heavy atom. The third-order valence-corrected chi connectivity index (χ3v) is 6.47. The Labute approximate surface area is 162 Å². The van der Waals surface area contributed by atoms with Crippen LogP contribution in [-0.2, 0) is 21.4 Å². The van der Waals surface area contributed by atoms with E-state index in [-0.39, 0.29) is 36.3 Å². The van der Waals surface area contributed by atoms with Gasteiger partial charge in [0.1, 0.15) is 11.6 Å². The number of hydrogen-bond donors (Lipinski definition) is 1. The van der Waals surface area contributed by atoms with Crippen molar-refractivity contribution in [3.63, 3.8) is 0 Å². The van der Waals surface area contributed by atoms with E-state index in [4.69, 9.17) is 0 Å². The molecule has 150 valence electrons. The average molecular weight is 409 g/mol. The molecule has 0 atom stereocenters. The van der Waals surface area contributed by atoms with Crippen molar-refractivity contribution >= 4 is 15.9 Å². The Morgan fingerprint density at radius 3 is 2.00 bits per heavy atom. The molecular weight excluding hydrogens is 388 g/mol. The Morgan fingerprint density at radius 1 is 0.893 bits per heavy atom. The van der Waals surface area contributed by atoms with Crippen molar-refractivity contribution in [3.05, 3.63) is 65.7 Å². The fraction of sp³-hybridized carbons (Fsp3) is 0.316. The molecule has 1 N–H and O–H groups in total. The number of carbonyl (C=O) groups is 1. The lowest BCUT2D eigenvalue weighted by Crippen LogP contribution is -2.50. The van der Waals surface area contributed by atoms with Crippen molar-refractivity contribution in [2.24, 2.45) is 0 Å². The van der Waals surface area contributed by atoms with Crippen molar-refractivity contribution in [2.45, 2.75) is 11.4 Å². The van der Waals surface area contributed by atoms with Crippen LogP contribution in [0.15, 0.2) is 53.4 Å². The zero-order chi connectivity index (χ0) is 20.1. The quantitative estimate of drug-likeness (QED) is 0.787. The van der Waals surface area contributed by atoms with Gasteiger partial charge in [0.15, 0.2) is 0 Å². The smallest absolute Gasteiger partial charge is 0.243 e. The van der Waals surface area contributed by atoms with Crippen LogP contribution in [0, 0.1) is 11.6 Å². The number of benzene rings is 2. The first-order valence-corrected chi connectivity index (χ1v) is 10.3. The van der Waals surface area contributed by atoms with Crippen molar-refractivity contribution < 1.29 is 22.0 Å². The standard InChI is InChI=1S/C19H21F2N3O3S/c20-16-3-1-15(2-4-16)13-22-19(25)14-23-9-11-24(12-10-23)28(26,27)18-7-5-17(21)6-8-18/h1-8H,9-14H2,(H,22,25). The summed E-state index contributed by atoms with van der Waals surface area (Å²) in [7, 11) is -3.67. The van der Waals surface area contributed by atoms with Crippen molar-refractivity contribution in [1.82, 2.24) is 14.5 Å². The van der Waals surface area contributed by atoms with Crippen LogP contribution in [0.25, 0.3) is 0 Å². The summed E-state index contributed by atoms with van der Waals surface area (Å²) >= 11 is 0. The number of rotatable bonds is 6. The Kier molecular flexibility index (Phi) is 6.38. The van der Waals surface area contributed by atoms with Gasteiger partial charge >= 0.3 is 0 Å². The molecule has 6 nitrogen and oxygen atoms in total. The second-order valence-corrected chi connectivity index (χ2v) is 8.48. The Hall–Kier alpha value is -2.36.